The van der Waals surface area contributed by atoms with Crippen LogP contribution in [0.5, 0.6) is 0 Å². The normalized spacial score (nSPS) is 12.7. The molecule has 92 valence electrons. The number of nitrogens with zero attached hydrogens (tertiary/aromatic N) is 1. The largest absolute Gasteiger partial charge is 0.314 e. The Labute approximate surface area is 89.6 Å². The number of likely N-dealkylation sites (N-methyl/N-ethyl adjacent to an activating group) is 1. The maximum atomic E-state index is 11.9. The summed E-state index contributed by atoms with van der Waals surface area (Å²) in [6.45, 7) is 1.10. The fourth-order valence-corrected chi connectivity index (χ4v) is 1.49. The average Bonchev–Trinajstić information content (AvgIpc) is 1.99. The molecule has 0 aromatic carbocycles. The highest BCUT2D eigenvalue weighted by Gasteiger charge is 2.06. The van der Waals surface area contributed by atoms with E-state index < -0.39 is 16.3 Å². The molecule has 0 aromatic rings. The van der Waals surface area contributed by atoms with Gasteiger partial charge in [0.1, 0.15) is 9.84 Å². The Morgan fingerprint density at radius 3 is 2.40 bits per heavy atom. The molecule has 0 aliphatic heterocycles. The van der Waals surface area contributed by atoms with E-state index in [0.29, 0.717) is 19.6 Å². The van der Waals surface area contributed by atoms with E-state index >= 15 is 0 Å². The molecule has 0 saturated carbocycles. The van der Waals surface area contributed by atoms with Gasteiger partial charge in [-0.05, 0) is 7.05 Å². The Kier molecular flexibility index (Phi) is 6.95. The van der Waals surface area contributed by atoms with E-state index in [1.165, 1.54) is 4.90 Å². The van der Waals surface area contributed by atoms with Crippen molar-refractivity contribution in [1.29, 1.82) is 0 Å². The summed E-state index contributed by atoms with van der Waals surface area (Å²) in [4.78, 5) is 1.50. The summed E-state index contributed by atoms with van der Waals surface area (Å²) in [7, 11) is -1.34. The Balaban J connectivity index is 3.39. The maximum Gasteiger partial charge on any atom is 0.251 e. The average molecular weight is 244 g/mol. The lowest BCUT2D eigenvalue weighted by molar-refractivity contribution is 0.101. The van der Waals surface area contributed by atoms with Gasteiger partial charge in [0, 0.05) is 25.9 Å². The highest BCUT2D eigenvalue weighted by Crippen LogP contribution is 1.94. The van der Waals surface area contributed by atoms with Crippen molar-refractivity contribution in [3.8, 4) is 0 Å². The summed E-state index contributed by atoms with van der Waals surface area (Å²) in [5, 5.41) is 2.88. The van der Waals surface area contributed by atoms with Gasteiger partial charge >= 0.3 is 0 Å². The first-order chi connectivity index (χ1) is 6.81. The first-order valence-electron chi connectivity index (χ1n) is 4.66. The predicted molar refractivity (Wildman–Crippen MR) is 56.1 cm³/mol. The van der Waals surface area contributed by atoms with Crippen LogP contribution < -0.4 is 5.32 Å². The first kappa shape index (κ1) is 14.7. The van der Waals surface area contributed by atoms with E-state index in [0.717, 1.165) is 6.26 Å². The van der Waals surface area contributed by atoms with Gasteiger partial charge in [-0.2, -0.15) is 0 Å². The van der Waals surface area contributed by atoms with Crippen LogP contribution in [0.15, 0.2) is 0 Å². The fraction of sp³-hybridized carbons (Fsp3) is 1.00. The second kappa shape index (κ2) is 7.08. The molecule has 0 rings (SSSR count). The van der Waals surface area contributed by atoms with Gasteiger partial charge in [-0.25, -0.2) is 17.2 Å². The molecule has 0 aliphatic carbocycles. The Bertz CT molecular complexity index is 257. The second-order valence-electron chi connectivity index (χ2n) is 3.53. The van der Waals surface area contributed by atoms with E-state index in [1.807, 2.05) is 0 Å². The van der Waals surface area contributed by atoms with Crippen LogP contribution in [-0.4, -0.2) is 65.0 Å². The van der Waals surface area contributed by atoms with Crippen molar-refractivity contribution in [2.75, 3.05) is 45.2 Å². The van der Waals surface area contributed by atoms with Crippen LogP contribution in [0.3, 0.4) is 0 Å². The van der Waals surface area contributed by atoms with Crippen molar-refractivity contribution in [2.24, 2.45) is 0 Å². The Hall–Kier alpha value is -0.270. The third-order valence-corrected chi connectivity index (χ3v) is 2.72. The molecule has 0 aromatic heterocycles. The van der Waals surface area contributed by atoms with Crippen LogP contribution >= 0.6 is 0 Å². The lowest BCUT2D eigenvalue weighted by Gasteiger charge is -2.15. The van der Waals surface area contributed by atoms with E-state index in [1.54, 1.807) is 7.05 Å². The molecule has 4 nitrogen and oxygen atoms in total. The molecular formula is C8H18F2N2O2S. The molecule has 0 heterocycles. The van der Waals surface area contributed by atoms with Gasteiger partial charge < -0.3 is 5.32 Å². The van der Waals surface area contributed by atoms with E-state index in [4.69, 9.17) is 0 Å². The maximum absolute atomic E-state index is 11.9. The third kappa shape index (κ3) is 11.7. The number of halogens is 2. The molecule has 0 fully saturated rings. The molecule has 15 heavy (non-hydrogen) atoms. The quantitative estimate of drug-likeness (QED) is 0.602. The summed E-state index contributed by atoms with van der Waals surface area (Å²) in [6.07, 6.45) is -1.16. The zero-order chi connectivity index (χ0) is 11.9. The van der Waals surface area contributed by atoms with Gasteiger partial charge in [0.05, 0.1) is 12.3 Å². The number of hydrogen-bond donors (Lipinski definition) is 1. The van der Waals surface area contributed by atoms with Crippen molar-refractivity contribution in [2.45, 2.75) is 6.43 Å². The SMILES string of the molecule is CN(CCNCCS(C)(=O)=O)CC(F)F. The highest BCUT2D eigenvalue weighted by atomic mass is 32.2. The standard InChI is InChI=1S/C8H18F2N2O2S/c1-12(7-8(9)10)5-3-11-4-6-15(2,13)14/h8,11H,3-7H2,1-2H3. The number of sulfone groups is 1. The number of nitrogens with one attached hydrogen (secondary N) is 1. The van der Waals surface area contributed by atoms with Crippen molar-refractivity contribution in [3.63, 3.8) is 0 Å². The van der Waals surface area contributed by atoms with Crippen molar-refractivity contribution < 1.29 is 17.2 Å². The van der Waals surface area contributed by atoms with E-state index in [-0.39, 0.29) is 12.3 Å². The molecule has 0 atom stereocenters. The summed E-state index contributed by atoms with van der Waals surface area (Å²) in [5.41, 5.74) is 0. The molecule has 1 N–H and O–H groups in total. The summed E-state index contributed by atoms with van der Waals surface area (Å²) in [5.74, 6) is 0.0750. The number of rotatable bonds is 8. The summed E-state index contributed by atoms with van der Waals surface area (Å²) in [6, 6.07) is 0. The van der Waals surface area contributed by atoms with Crippen LogP contribution in [0, 0.1) is 0 Å². The second-order valence-corrected chi connectivity index (χ2v) is 5.79. The first-order valence-corrected chi connectivity index (χ1v) is 6.72. The minimum absolute atomic E-state index is 0.0750. The fourth-order valence-electron chi connectivity index (χ4n) is 0.979. The van der Waals surface area contributed by atoms with Crippen molar-refractivity contribution >= 4 is 9.84 Å². The van der Waals surface area contributed by atoms with E-state index in [9.17, 15) is 17.2 Å². The highest BCUT2D eigenvalue weighted by molar-refractivity contribution is 7.90. The minimum atomic E-state index is -2.94. The minimum Gasteiger partial charge on any atom is -0.314 e. The lowest BCUT2D eigenvalue weighted by atomic mass is 10.5. The summed E-state index contributed by atoms with van der Waals surface area (Å²) >= 11 is 0. The van der Waals surface area contributed by atoms with Crippen LogP contribution in [0.25, 0.3) is 0 Å². The van der Waals surface area contributed by atoms with Gasteiger partial charge in [-0.3, -0.25) is 4.90 Å². The Morgan fingerprint density at radius 2 is 1.93 bits per heavy atom. The van der Waals surface area contributed by atoms with Gasteiger partial charge in [0.25, 0.3) is 6.43 Å². The molecule has 0 aliphatic rings. The molecule has 0 saturated heterocycles. The van der Waals surface area contributed by atoms with Crippen LogP contribution in [0.2, 0.25) is 0 Å². The van der Waals surface area contributed by atoms with Gasteiger partial charge in [-0.1, -0.05) is 0 Å². The molecule has 0 unspecified atom stereocenters. The van der Waals surface area contributed by atoms with Crippen LogP contribution in [0.1, 0.15) is 0 Å². The molecule has 0 bridgehead atoms. The molecule has 0 spiro atoms. The topological polar surface area (TPSA) is 49.4 Å². The monoisotopic (exact) mass is 244 g/mol. The molecule has 7 heteroatoms. The Morgan fingerprint density at radius 1 is 1.33 bits per heavy atom. The predicted octanol–water partition coefficient (Wildman–Crippen LogP) is -0.182. The number of alkyl halides is 2. The third-order valence-electron chi connectivity index (χ3n) is 1.77. The van der Waals surface area contributed by atoms with Gasteiger partial charge in [0.15, 0.2) is 0 Å². The van der Waals surface area contributed by atoms with E-state index in [2.05, 4.69) is 5.32 Å². The smallest absolute Gasteiger partial charge is 0.251 e. The zero-order valence-electron chi connectivity index (χ0n) is 9.04. The van der Waals surface area contributed by atoms with Crippen LogP contribution in [0.4, 0.5) is 8.78 Å². The zero-order valence-corrected chi connectivity index (χ0v) is 9.86. The summed E-state index contributed by atoms with van der Waals surface area (Å²) < 4.78 is 45.2. The molecule has 0 amide bonds. The lowest BCUT2D eigenvalue weighted by Crippen LogP contribution is -2.34. The van der Waals surface area contributed by atoms with Crippen molar-refractivity contribution in [3.05, 3.63) is 0 Å². The van der Waals surface area contributed by atoms with Crippen LogP contribution in [-0.2, 0) is 9.84 Å². The molecule has 0 radical (unpaired) electrons. The molecular weight excluding hydrogens is 226 g/mol. The number of hydrogen-bond acceptors (Lipinski definition) is 4. The van der Waals surface area contributed by atoms with Crippen molar-refractivity contribution in [1.82, 2.24) is 10.2 Å². The van der Waals surface area contributed by atoms with Gasteiger partial charge in [-0.15, -0.1) is 0 Å². The van der Waals surface area contributed by atoms with Gasteiger partial charge in [0.2, 0.25) is 0 Å².